The molecule has 0 radical (unpaired) electrons. The molecule has 0 aliphatic carbocycles. The smallest absolute Gasteiger partial charge is 0.343 e. The molecule has 0 fully saturated rings. The molecule has 13 nitrogen and oxygen atoms in total. The highest BCUT2D eigenvalue weighted by molar-refractivity contribution is 7.98. The number of hydrogen-bond acceptors (Lipinski definition) is 11. The first-order valence-electron chi connectivity index (χ1n) is 13.7. The normalized spacial score (nSPS) is 18.3. The minimum atomic E-state index is -1.93. The van der Waals surface area contributed by atoms with Crippen molar-refractivity contribution in [2.45, 2.75) is 62.8 Å². The number of carbonyl (C=O) groups excluding carboxylic acids is 3. The number of pyridine rings is 2. The van der Waals surface area contributed by atoms with E-state index in [-0.39, 0.29) is 54.9 Å². The average molecular weight is 610 g/mol. The predicted molar refractivity (Wildman–Crippen MR) is 157 cm³/mol. The summed E-state index contributed by atoms with van der Waals surface area (Å²) in [5.41, 5.74) is 13.1. The van der Waals surface area contributed by atoms with Crippen molar-refractivity contribution in [3.63, 3.8) is 0 Å². The number of thioether (sulfide) groups is 1. The second kappa shape index (κ2) is 11.9. The van der Waals surface area contributed by atoms with E-state index in [4.69, 9.17) is 26.3 Å². The van der Waals surface area contributed by atoms with Crippen molar-refractivity contribution < 1.29 is 34.1 Å². The molecular weight excluding hydrogens is 578 g/mol. The number of rotatable bonds is 10. The molecule has 5 rings (SSSR count). The lowest BCUT2D eigenvalue weighted by molar-refractivity contribution is -0.172. The van der Waals surface area contributed by atoms with Crippen LogP contribution in [0.15, 0.2) is 35.1 Å². The summed E-state index contributed by atoms with van der Waals surface area (Å²) in [6.07, 6.45) is -0.307. The van der Waals surface area contributed by atoms with Gasteiger partial charge in [0.05, 0.1) is 35.1 Å². The fraction of sp³-hybridized carbons (Fsp3) is 0.379. The van der Waals surface area contributed by atoms with Gasteiger partial charge < -0.3 is 31.0 Å². The number of aliphatic carboxylic acids is 1. The summed E-state index contributed by atoms with van der Waals surface area (Å²) in [6.45, 7) is 1.65. The SMILES string of the molecule is CC[C@@]1(O)C(=O)OCc2c1cc1n(c2=O)Cc2c-1nc1ccccc1c2CSCC(N)C(=O)NC(=O)CCC(N)C(=O)O. The van der Waals surface area contributed by atoms with E-state index in [1.54, 1.807) is 17.6 Å². The van der Waals surface area contributed by atoms with Crippen molar-refractivity contribution in [1.82, 2.24) is 14.9 Å². The molecule has 14 heteroatoms. The van der Waals surface area contributed by atoms with Crippen LogP contribution in [0.1, 0.15) is 48.4 Å². The van der Waals surface area contributed by atoms with Gasteiger partial charge in [0.1, 0.15) is 12.6 Å². The summed E-state index contributed by atoms with van der Waals surface area (Å²) < 4.78 is 6.72. The summed E-state index contributed by atoms with van der Waals surface area (Å²) in [7, 11) is 0. The van der Waals surface area contributed by atoms with Crippen LogP contribution >= 0.6 is 11.8 Å². The number of para-hydroxylation sites is 1. The Balaban J connectivity index is 1.38. The van der Waals surface area contributed by atoms with E-state index in [0.717, 1.165) is 16.5 Å². The largest absolute Gasteiger partial charge is 0.480 e. The van der Waals surface area contributed by atoms with Gasteiger partial charge in [-0.3, -0.25) is 24.5 Å². The Morgan fingerprint density at radius 1 is 1.19 bits per heavy atom. The quantitative estimate of drug-likeness (QED) is 0.155. The Labute approximate surface area is 249 Å². The number of carboxylic acids is 1. The number of aliphatic hydroxyl groups is 1. The number of hydrogen-bond donors (Lipinski definition) is 5. The summed E-state index contributed by atoms with van der Waals surface area (Å²) in [5.74, 6) is -2.79. The van der Waals surface area contributed by atoms with Crippen molar-refractivity contribution in [1.29, 1.82) is 0 Å². The molecular formula is C29H31N5O8S. The Morgan fingerprint density at radius 3 is 2.65 bits per heavy atom. The highest BCUT2D eigenvalue weighted by Crippen LogP contribution is 2.40. The number of nitrogens with one attached hydrogen (secondary N) is 1. The van der Waals surface area contributed by atoms with Gasteiger partial charge in [0.15, 0.2) is 5.60 Å². The maximum Gasteiger partial charge on any atom is 0.343 e. The molecule has 2 amide bonds. The van der Waals surface area contributed by atoms with Crippen LogP contribution < -0.4 is 22.3 Å². The van der Waals surface area contributed by atoms with Gasteiger partial charge in [0.25, 0.3) is 5.56 Å². The minimum absolute atomic E-state index is 0.0386. The number of aromatic nitrogens is 2. The fourth-order valence-electron chi connectivity index (χ4n) is 5.34. The fourth-order valence-corrected chi connectivity index (χ4v) is 6.40. The summed E-state index contributed by atoms with van der Waals surface area (Å²) >= 11 is 1.37. The van der Waals surface area contributed by atoms with Crippen molar-refractivity contribution in [2.75, 3.05) is 5.75 Å². The second-order valence-electron chi connectivity index (χ2n) is 10.6. The van der Waals surface area contributed by atoms with Crippen LogP contribution in [0.2, 0.25) is 0 Å². The van der Waals surface area contributed by atoms with Gasteiger partial charge in [-0.25, -0.2) is 9.78 Å². The third-order valence-corrected chi connectivity index (χ3v) is 8.94. The van der Waals surface area contributed by atoms with E-state index < -0.39 is 41.4 Å². The zero-order chi connectivity index (χ0) is 31.1. The molecule has 2 unspecified atom stereocenters. The van der Waals surface area contributed by atoms with Crippen LogP contribution in [-0.2, 0) is 48.4 Å². The molecule has 2 aromatic heterocycles. The Morgan fingerprint density at radius 2 is 1.93 bits per heavy atom. The standard InChI is InChI=1S/C29H31N5O8S/c1-2-29(41)18-9-22-24-15(10-34(22)26(37)16(18)11-42-28(29)40)17(14-5-3-4-6-21(14)32-24)12-43-13-20(31)25(36)33-23(35)8-7-19(30)27(38)39/h3-6,9,19-20,41H,2,7-8,10-13,30-31H2,1H3,(H,38,39)(H,33,35,36)/t19?,20?,29-/m0/s1. The minimum Gasteiger partial charge on any atom is -0.480 e. The first kappa shape index (κ1) is 30.4. The zero-order valence-electron chi connectivity index (χ0n) is 23.3. The second-order valence-corrected chi connectivity index (χ2v) is 11.6. The molecule has 4 heterocycles. The number of benzene rings is 1. The maximum absolute atomic E-state index is 13.6. The Bertz CT molecular complexity index is 1720. The van der Waals surface area contributed by atoms with Crippen LogP contribution in [0.3, 0.4) is 0 Å². The molecule has 43 heavy (non-hydrogen) atoms. The van der Waals surface area contributed by atoms with Crippen molar-refractivity contribution in [3.8, 4) is 11.4 Å². The van der Waals surface area contributed by atoms with Crippen LogP contribution in [0.25, 0.3) is 22.3 Å². The van der Waals surface area contributed by atoms with Crippen molar-refractivity contribution in [3.05, 3.63) is 62.9 Å². The van der Waals surface area contributed by atoms with Gasteiger partial charge in [-0.05, 0) is 30.5 Å². The van der Waals surface area contributed by atoms with E-state index >= 15 is 0 Å². The van der Waals surface area contributed by atoms with Gasteiger partial charge in [0.2, 0.25) is 11.8 Å². The number of fused-ring (bicyclic) bond motifs is 5. The van der Waals surface area contributed by atoms with Crippen LogP contribution in [0.5, 0.6) is 0 Å². The first-order chi connectivity index (χ1) is 20.5. The highest BCUT2D eigenvalue weighted by Gasteiger charge is 2.45. The first-order valence-corrected chi connectivity index (χ1v) is 14.8. The molecule has 0 spiro atoms. The summed E-state index contributed by atoms with van der Waals surface area (Å²) in [6, 6.07) is 6.94. The number of cyclic esters (lactones) is 1. The number of nitrogens with two attached hydrogens (primary N) is 2. The van der Waals surface area contributed by atoms with Gasteiger partial charge in [-0.15, -0.1) is 0 Å². The third-order valence-electron chi connectivity index (χ3n) is 7.86. The van der Waals surface area contributed by atoms with E-state index in [0.29, 0.717) is 22.7 Å². The molecule has 0 saturated carbocycles. The highest BCUT2D eigenvalue weighted by atomic mass is 32.2. The zero-order valence-corrected chi connectivity index (χ0v) is 24.1. The molecule has 2 aliphatic heterocycles. The van der Waals surface area contributed by atoms with Gasteiger partial charge in [0, 0.05) is 34.4 Å². The number of nitrogens with zero attached hydrogens (tertiary/aromatic N) is 2. The van der Waals surface area contributed by atoms with E-state index in [1.807, 2.05) is 24.3 Å². The summed E-state index contributed by atoms with van der Waals surface area (Å²) in [4.78, 5) is 66.2. The average Bonchev–Trinajstić information content (AvgIpc) is 3.36. The molecule has 3 aromatic rings. The number of esters is 1. The molecule has 226 valence electrons. The topological polar surface area (TPSA) is 217 Å². The molecule has 1 aromatic carbocycles. The number of ether oxygens (including phenoxy) is 1. The molecule has 0 saturated heterocycles. The van der Waals surface area contributed by atoms with Crippen molar-refractivity contribution >= 4 is 46.4 Å². The number of amides is 2. The Hall–Kier alpha value is -4.11. The number of carbonyl (C=O) groups is 4. The number of carboxylic acid groups (broad SMARTS) is 1. The van der Waals surface area contributed by atoms with Gasteiger partial charge >= 0.3 is 11.9 Å². The molecule has 0 bridgehead atoms. The third kappa shape index (κ3) is 5.54. The molecule has 7 N–H and O–H groups in total. The van der Waals surface area contributed by atoms with Crippen LogP contribution in [0, 0.1) is 0 Å². The monoisotopic (exact) mass is 609 g/mol. The van der Waals surface area contributed by atoms with E-state index in [2.05, 4.69) is 5.32 Å². The lowest BCUT2D eigenvalue weighted by Crippen LogP contribution is -2.45. The number of imide groups is 1. The summed E-state index contributed by atoms with van der Waals surface area (Å²) in [5, 5.41) is 23.0. The van der Waals surface area contributed by atoms with Gasteiger partial charge in [-0.1, -0.05) is 25.1 Å². The van der Waals surface area contributed by atoms with Gasteiger partial charge in [-0.2, -0.15) is 11.8 Å². The maximum atomic E-state index is 13.6. The van der Waals surface area contributed by atoms with Crippen LogP contribution in [-0.4, -0.2) is 61.4 Å². The van der Waals surface area contributed by atoms with Crippen LogP contribution in [0.4, 0.5) is 0 Å². The molecule has 2 aliphatic rings. The van der Waals surface area contributed by atoms with E-state index in [1.165, 1.54) is 11.8 Å². The lowest BCUT2D eigenvalue weighted by Gasteiger charge is -2.31. The Kier molecular flexibility index (Phi) is 8.38. The lowest BCUT2D eigenvalue weighted by atomic mass is 9.86. The van der Waals surface area contributed by atoms with E-state index in [9.17, 15) is 29.1 Å². The van der Waals surface area contributed by atoms with Crippen molar-refractivity contribution in [2.24, 2.45) is 11.5 Å². The molecule has 3 atom stereocenters. The predicted octanol–water partition coefficient (Wildman–Crippen LogP) is 0.475.